The van der Waals surface area contributed by atoms with Crippen LogP contribution in [0.3, 0.4) is 0 Å². The summed E-state index contributed by atoms with van der Waals surface area (Å²) in [6.07, 6.45) is 5.25. The Bertz CT molecular complexity index is 1350. The highest BCUT2D eigenvalue weighted by Gasteiger charge is 2.40. The Morgan fingerprint density at radius 1 is 1.26 bits per heavy atom. The number of nitrogens with zero attached hydrogens (tertiary/aromatic N) is 4. The zero-order valence-corrected chi connectivity index (χ0v) is 20.9. The third-order valence-corrected chi connectivity index (χ3v) is 8.66. The summed E-state index contributed by atoms with van der Waals surface area (Å²) in [6, 6.07) is 7.95. The number of benzene rings is 1. The second kappa shape index (κ2) is 8.89. The van der Waals surface area contributed by atoms with Gasteiger partial charge in [-0.3, -0.25) is 0 Å². The third kappa shape index (κ3) is 4.51. The summed E-state index contributed by atoms with van der Waals surface area (Å²) in [6.45, 7) is 3.99. The predicted molar refractivity (Wildman–Crippen MR) is 131 cm³/mol. The molecule has 1 saturated heterocycles. The van der Waals surface area contributed by atoms with Gasteiger partial charge in [-0.25, -0.2) is 18.5 Å². The topological polar surface area (TPSA) is 133 Å². The lowest BCUT2D eigenvalue weighted by atomic mass is 9.91. The number of rotatable bonds is 7. The SMILES string of the molecule is COc1cc(-c2ccc3c(c2Nc2n[nH]c(S(=O)(=O)N4CC[C@H](C(C)(C)O)C4)n2)CCC3)ccn1. The van der Waals surface area contributed by atoms with E-state index >= 15 is 0 Å². The van der Waals surface area contributed by atoms with Gasteiger partial charge >= 0.3 is 0 Å². The quantitative estimate of drug-likeness (QED) is 0.453. The van der Waals surface area contributed by atoms with Gasteiger partial charge in [-0.05, 0) is 62.3 Å². The van der Waals surface area contributed by atoms with Gasteiger partial charge in [-0.1, -0.05) is 12.1 Å². The molecule has 1 atom stereocenters. The van der Waals surface area contributed by atoms with E-state index in [4.69, 9.17) is 4.74 Å². The number of hydrogen-bond acceptors (Lipinski definition) is 8. The molecule has 0 radical (unpaired) electrons. The number of pyridine rings is 1. The maximum absolute atomic E-state index is 13.2. The highest BCUT2D eigenvalue weighted by Crippen LogP contribution is 2.39. The monoisotopic (exact) mass is 498 g/mol. The minimum absolute atomic E-state index is 0.135. The summed E-state index contributed by atoms with van der Waals surface area (Å²) in [7, 11) is -2.28. The zero-order chi connectivity index (χ0) is 24.8. The Morgan fingerprint density at radius 3 is 2.83 bits per heavy atom. The molecule has 3 aromatic rings. The van der Waals surface area contributed by atoms with Crippen LogP contribution < -0.4 is 10.1 Å². The molecule has 2 aromatic heterocycles. The van der Waals surface area contributed by atoms with Gasteiger partial charge in [0.05, 0.1) is 18.4 Å². The summed E-state index contributed by atoms with van der Waals surface area (Å²) in [5, 5.41) is 20.1. The maximum Gasteiger partial charge on any atom is 0.278 e. The van der Waals surface area contributed by atoms with Gasteiger partial charge in [0.1, 0.15) is 0 Å². The van der Waals surface area contributed by atoms with Crippen LogP contribution >= 0.6 is 0 Å². The van der Waals surface area contributed by atoms with E-state index in [0.29, 0.717) is 18.8 Å². The Hall–Kier alpha value is -3.02. The number of fused-ring (bicyclic) bond motifs is 1. The Kier molecular flexibility index (Phi) is 6.02. The van der Waals surface area contributed by atoms with Crippen molar-refractivity contribution in [1.82, 2.24) is 24.5 Å². The summed E-state index contributed by atoms with van der Waals surface area (Å²) in [5.41, 5.74) is 4.22. The van der Waals surface area contributed by atoms with Crippen molar-refractivity contribution in [3.05, 3.63) is 41.6 Å². The number of anilines is 2. The van der Waals surface area contributed by atoms with E-state index in [1.165, 1.54) is 15.4 Å². The summed E-state index contributed by atoms with van der Waals surface area (Å²) in [4.78, 5) is 8.49. The van der Waals surface area contributed by atoms with Gasteiger partial charge in [-0.15, -0.1) is 5.10 Å². The lowest BCUT2D eigenvalue weighted by Crippen LogP contribution is -2.35. The van der Waals surface area contributed by atoms with Gasteiger partial charge in [0.25, 0.3) is 15.2 Å². The first kappa shape index (κ1) is 23.7. The smallest absolute Gasteiger partial charge is 0.278 e. The van der Waals surface area contributed by atoms with Crippen molar-refractivity contribution in [1.29, 1.82) is 0 Å². The number of hydrogen-bond donors (Lipinski definition) is 3. The van der Waals surface area contributed by atoms with E-state index in [2.05, 4.69) is 31.5 Å². The highest BCUT2D eigenvalue weighted by atomic mass is 32.2. The molecule has 10 nitrogen and oxygen atoms in total. The molecule has 186 valence electrons. The molecular formula is C24H30N6O4S. The van der Waals surface area contributed by atoms with Crippen LogP contribution in [0, 0.1) is 5.92 Å². The molecule has 5 rings (SSSR count). The van der Waals surface area contributed by atoms with Crippen molar-refractivity contribution < 1.29 is 18.3 Å². The molecule has 0 saturated carbocycles. The molecule has 35 heavy (non-hydrogen) atoms. The molecule has 0 amide bonds. The van der Waals surface area contributed by atoms with Crippen LogP contribution in [-0.2, 0) is 22.9 Å². The fourth-order valence-electron chi connectivity index (χ4n) is 4.91. The first-order valence-electron chi connectivity index (χ1n) is 11.7. The molecule has 2 aliphatic rings. The van der Waals surface area contributed by atoms with Crippen molar-refractivity contribution >= 4 is 21.7 Å². The fourth-order valence-corrected chi connectivity index (χ4v) is 6.24. The van der Waals surface area contributed by atoms with E-state index in [9.17, 15) is 13.5 Å². The Balaban J connectivity index is 1.45. The fraction of sp³-hybridized carbons (Fsp3) is 0.458. The van der Waals surface area contributed by atoms with Crippen LogP contribution in [0.1, 0.15) is 37.8 Å². The average molecular weight is 499 g/mol. The standard InChI is InChI=1S/C24H30N6O4S/c1-24(2,31)17-10-12-30(14-17)35(32,33)23-27-22(28-29-23)26-21-18-6-4-5-15(18)7-8-19(21)16-9-11-25-20(13-16)34-3/h7-9,11,13,17,31H,4-6,10,12,14H2,1-3H3,(H2,26,27,28,29)/t17-/m0/s1. The first-order chi connectivity index (χ1) is 16.7. The summed E-state index contributed by atoms with van der Waals surface area (Å²) < 4.78 is 33.0. The molecule has 3 N–H and O–H groups in total. The van der Waals surface area contributed by atoms with E-state index in [0.717, 1.165) is 36.1 Å². The van der Waals surface area contributed by atoms with E-state index in [1.807, 2.05) is 18.2 Å². The summed E-state index contributed by atoms with van der Waals surface area (Å²) in [5.74, 6) is 0.559. The number of ether oxygens (including phenoxy) is 1. The summed E-state index contributed by atoms with van der Waals surface area (Å²) >= 11 is 0. The number of H-pyrrole nitrogens is 1. The second-order valence-electron chi connectivity index (χ2n) is 9.66. The average Bonchev–Trinajstić information content (AvgIpc) is 3.59. The van der Waals surface area contributed by atoms with E-state index in [1.54, 1.807) is 27.2 Å². The van der Waals surface area contributed by atoms with Gasteiger partial charge in [0.15, 0.2) is 0 Å². The largest absolute Gasteiger partial charge is 0.481 e. The van der Waals surface area contributed by atoms with Gasteiger partial charge in [-0.2, -0.15) is 9.29 Å². The molecule has 1 fully saturated rings. The Labute approximate surface area is 204 Å². The van der Waals surface area contributed by atoms with Crippen molar-refractivity contribution in [2.75, 3.05) is 25.5 Å². The van der Waals surface area contributed by atoms with Crippen LogP contribution in [-0.4, -0.2) is 63.8 Å². The number of aryl methyl sites for hydroxylation is 1. The normalized spacial score (nSPS) is 18.6. The van der Waals surface area contributed by atoms with E-state index in [-0.39, 0.29) is 23.6 Å². The van der Waals surface area contributed by atoms with Crippen molar-refractivity contribution in [2.24, 2.45) is 5.92 Å². The number of nitrogens with one attached hydrogen (secondary N) is 2. The molecule has 1 aromatic carbocycles. The molecule has 11 heteroatoms. The van der Waals surface area contributed by atoms with Crippen molar-refractivity contribution in [3.8, 4) is 17.0 Å². The second-order valence-corrected chi connectivity index (χ2v) is 11.5. The minimum atomic E-state index is -3.86. The van der Waals surface area contributed by atoms with Crippen LogP contribution in [0.15, 0.2) is 35.6 Å². The number of sulfonamides is 1. The molecule has 0 spiro atoms. The van der Waals surface area contributed by atoms with Crippen LogP contribution in [0.4, 0.5) is 11.6 Å². The van der Waals surface area contributed by atoms with Crippen LogP contribution in [0.5, 0.6) is 5.88 Å². The number of aromatic nitrogens is 4. The highest BCUT2D eigenvalue weighted by molar-refractivity contribution is 7.89. The number of methoxy groups -OCH3 is 1. The Morgan fingerprint density at radius 2 is 2.09 bits per heavy atom. The molecule has 3 heterocycles. The van der Waals surface area contributed by atoms with Crippen LogP contribution in [0.25, 0.3) is 11.1 Å². The number of aliphatic hydroxyl groups is 1. The molecule has 0 bridgehead atoms. The van der Waals surface area contributed by atoms with E-state index < -0.39 is 15.6 Å². The zero-order valence-electron chi connectivity index (χ0n) is 20.1. The van der Waals surface area contributed by atoms with Gasteiger partial charge < -0.3 is 15.2 Å². The lowest BCUT2D eigenvalue weighted by molar-refractivity contribution is 0.0236. The third-order valence-electron chi connectivity index (χ3n) is 6.97. The molecular weight excluding hydrogens is 468 g/mol. The molecule has 1 aliphatic carbocycles. The molecule has 0 unspecified atom stereocenters. The van der Waals surface area contributed by atoms with Gasteiger partial charge in [0.2, 0.25) is 11.8 Å². The van der Waals surface area contributed by atoms with Crippen molar-refractivity contribution in [2.45, 2.75) is 50.3 Å². The maximum atomic E-state index is 13.2. The van der Waals surface area contributed by atoms with Crippen LogP contribution in [0.2, 0.25) is 0 Å². The lowest BCUT2D eigenvalue weighted by Gasteiger charge is -2.25. The predicted octanol–water partition coefficient (Wildman–Crippen LogP) is 2.89. The number of aromatic amines is 1. The van der Waals surface area contributed by atoms with Gasteiger partial charge in [0, 0.05) is 36.8 Å². The first-order valence-corrected chi connectivity index (χ1v) is 13.2. The minimum Gasteiger partial charge on any atom is -0.481 e. The molecule has 1 aliphatic heterocycles. The van der Waals surface area contributed by atoms with Crippen molar-refractivity contribution in [3.63, 3.8) is 0 Å².